The largest absolute Gasteiger partial charge is 0.496 e. The van der Waals surface area contributed by atoms with Crippen LogP contribution < -0.4 is 28.4 Å². The Bertz CT molecular complexity index is 832. The monoisotopic (exact) mass is 423 g/mol. The molecular weight excluding hydrogens is 396 g/mol. The highest BCUT2D eigenvalue weighted by Crippen LogP contribution is 2.52. The van der Waals surface area contributed by atoms with Gasteiger partial charge in [0.05, 0.1) is 65.3 Å². The van der Waals surface area contributed by atoms with Crippen molar-refractivity contribution in [1.29, 1.82) is 0 Å². The van der Waals surface area contributed by atoms with Crippen LogP contribution in [0.15, 0.2) is 54.6 Å². The summed E-state index contributed by atoms with van der Waals surface area (Å²) in [4.78, 5) is 0. The highest BCUT2D eigenvalue weighted by molar-refractivity contribution is 5.76. The summed E-state index contributed by atoms with van der Waals surface area (Å²) in [6.07, 6.45) is 0. The Kier molecular flexibility index (Phi) is 7.13. The van der Waals surface area contributed by atoms with Gasteiger partial charge in [0.25, 0.3) is 0 Å². The Balaban J connectivity index is 2.52. The van der Waals surface area contributed by atoms with E-state index in [0.29, 0.717) is 34.5 Å². The zero-order valence-electron chi connectivity index (χ0n) is 18.6. The average Bonchev–Trinajstić information content (AvgIpc) is 2.83. The van der Waals surface area contributed by atoms with Gasteiger partial charge in [-0.25, -0.2) is 0 Å². The quantitative estimate of drug-likeness (QED) is 0.463. The van der Waals surface area contributed by atoms with E-state index in [1.54, 1.807) is 42.7 Å². The molecule has 0 amide bonds. The third kappa shape index (κ3) is 4.06. The minimum absolute atomic E-state index is 0.621. The van der Waals surface area contributed by atoms with Crippen LogP contribution in [0, 0.1) is 5.92 Å². The van der Waals surface area contributed by atoms with Gasteiger partial charge in [-0.2, -0.15) is 0 Å². The van der Waals surface area contributed by atoms with Gasteiger partial charge in [0, 0.05) is 0 Å². The Morgan fingerprint density at radius 2 is 0.581 bits per heavy atom. The summed E-state index contributed by atoms with van der Waals surface area (Å²) >= 11 is 0. The van der Waals surface area contributed by atoms with Crippen molar-refractivity contribution < 1.29 is 28.4 Å². The summed E-state index contributed by atoms with van der Waals surface area (Å²) in [5.41, 5.74) is 2.16. The van der Waals surface area contributed by atoms with Crippen molar-refractivity contribution in [3.8, 4) is 34.5 Å². The first kappa shape index (κ1) is 22.2. The van der Waals surface area contributed by atoms with Crippen molar-refractivity contribution in [2.45, 2.75) is 0 Å². The van der Waals surface area contributed by atoms with Crippen LogP contribution in [0.4, 0.5) is 0 Å². The molecule has 0 aliphatic heterocycles. The van der Waals surface area contributed by atoms with E-state index in [-0.39, 0.29) is 0 Å². The molecule has 1 radical (unpaired) electrons. The second-order valence-electron chi connectivity index (χ2n) is 6.49. The van der Waals surface area contributed by atoms with Gasteiger partial charge >= 0.3 is 0 Å². The first-order chi connectivity index (χ1) is 15.1. The summed E-state index contributed by atoms with van der Waals surface area (Å²) < 4.78 is 34.5. The normalized spacial score (nSPS) is 10.5. The van der Waals surface area contributed by atoms with Crippen molar-refractivity contribution in [2.75, 3.05) is 42.7 Å². The van der Waals surface area contributed by atoms with Crippen LogP contribution in [0.5, 0.6) is 34.5 Å². The third-order valence-corrected chi connectivity index (χ3v) is 5.03. The lowest BCUT2D eigenvalue weighted by atomic mass is 9.82. The van der Waals surface area contributed by atoms with E-state index in [9.17, 15) is 0 Å². The predicted octanol–water partition coefficient (Wildman–Crippen LogP) is 4.76. The molecule has 0 bridgehead atoms. The summed E-state index contributed by atoms with van der Waals surface area (Å²) in [7, 11) is 9.72. The van der Waals surface area contributed by atoms with E-state index in [1.807, 2.05) is 54.6 Å². The lowest BCUT2D eigenvalue weighted by molar-refractivity contribution is 0.375. The summed E-state index contributed by atoms with van der Waals surface area (Å²) in [6.45, 7) is 0. The maximum atomic E-state index is 5.74. The number of methoxy groups -OCH3 is 6. The second kappa shape index (κ2) is 9.98. The van der Waals surface area contributed by atoms with Gasteiger partial charge in [0.1, 0.15) is 34.5 Å². The fourth-order valence-electron chi connectivity index (χ4n) is 3.67. The molecule has 0 aliphatic carbocycles. The molecule has 0 fully saturated rings. The van der Waals surface area contributed by atoms with Crippen LogP contribution in [-0.4, -0.2) is 42.7 Å². The predicted molar refractivity (Wildman–Crippen MR) is 119 cm³/mol. The fourth-order valence-corrected chi connectivity index (χ4v) is 3.67. The van der Waals surface area contributed by atoms with E-state index >= 15 is 0 Å². The van der Waals surface area contributed by atoms with Gasteiger partial charge in [-0.1, -0.05) is 18.2 Å². The minimum atomic E-state index is 0.621. The molecule has 6 heteroatoms. The molecule has 0 N–H and O–H groups in total. The molecule has 31 heavy (non-hydrogen) atoms. The van der Waals surface area contributed by atoms with E-state index in [1.165, 1.54) is 0 Å². The van der Waals surface area contributed by atoms with Gasteiger partial charge in [-0.3, -0.25) is 0 Å². The molecule has 0 aromatic heterocycles. The summed E-state index contributed by atoms with van der Waals surface area (Å²) in [6, 6.07) is 16.9. The molecule has 3 aromatic carbocycles. The summed E-state index contributed by atoms with van der Waals surface area (Å²) in [5, 5.41) is 0. The maximum absolute atomic E-state index is 5.74. The van der Waals surface area contributed by atoms with Gasteiger partial charge in [-0.15, -0.1) is 0 Å². The highest BCUT2D eigenvalue weighted by Gasteiger charge is 2.35. The summed E-state index contributed by atoms with van der Waals surface area (Å²) in [5.74, 6) is 4.46. The van der Waals surface area contributed by atoms with Crippen LogP contribution in [0.3, 0.4) is 0 Å². The molecule has 3 rings (SSSR count). The fraction of sp³-hybridized carbons (Fsp3) is 0.240. The highest BCUT2D eigenvalue weighted by atomic mass is 16.5. The van der Waals surface area contributed by atoms with E-state index < -0.39 is 0 Å². The van der Waals surface area contributed by atoms with Crippen molar-refractivity contribution in [1.82, 2.24) is 0 Å². The number of hydrogen-bond donors (Lipinski definition) is 0. The average molecular weight is 423 g/mol. The molecule has 6 nitrogen and oxygen atoms in total. The Morgan fingerprint density at radius 1 is 0.387 bits per heavy atom. The first-order valence-electron chi connectivity index (χ1n) is 9.66. The van der Waals surface area contributed by atoms with Crippen LogP contribution >= 0.6 is 0 Å². The maximum Gasteiger partial charge on any atom is 0.127 e. The van der Waals surface area contributed by atoms with E-state index in [0.717, 1.165) is 22.6 Å². The third-order valence-electron chi connectivity index (χ3n) is 5.03. The van der Waals surface area contributed by atoms with Crippen molar-refractivity contribution >= 4 is 0 Å². The molecule has 163 valence electrons. The number of ether oxygens (including phenoxy) is 6. The molecular formula is C25H27O6. The zero-order valence-corrected chi connectivity index (χ0v) is 18.6. The number of benzene rings is 3. The van der Waals surface area contributed by atoms with Crippen molar-refractivity contribution in [3.63, 3.8) is 0 Å². The lowest BCUT2D eigenvalue weighted by Crippen LogP contribution is -2.13. The molecule has 3 aromatic rings. The number of rotatable bonds is 9. The van der Waals surface area contributed by atoms with Gasteiger partial charge in [-0.05, 0) is 36.4 Å². The molecule has 0 heterocycles. The topological polar surface area (TPSA) is 55.4 Å². The zero-order chi connectivity index (χ0) is 22.4. The smallest absolute Gasteiger partial charge is 0.127 e. The van der Waals surface area contributed by atoms with Crippen LogP contribution in [0.25, 0.3) is 0 Å². The Hall–Kier alpha value is -3.54. The van der Waals surface area contributed by atoms with E-state index in [4.69, 9.17) is 28.4 Å². The molecule has 0 spiro atoms. The molecule has 0 atom stereocenters. The minimum Gasteiger partial charge on any atom is -0.496 e. The van der Waals surface area contributed by atoms with Gasteiger partial charge < -0.3 is 28.4 Å². The van der Waals surface area contributed by atoms with Crippen LogP contribution in [0.2, 0.25) is 0 Å². The molecule has 0 saturated heterocycles. The van der Waals surface area contributed by atoms with Crippen LogP contribution in [0.1, 0.15) is 16.7 Å². The molecule has 0 saturated carbocycles. The van der Waals surface area contributed by atoms with E-state index in [2.05, 4.69) is 0 Å². The molecule has 0 aliphatic rings. The lowest BCUT2D eigenvalue weighted by Gasteiger charge is -2.27. The van der Waals surface area contributed by atoms with Crippen molar-refractivity contribution in [2.24, 2.45) is 0 Å². The number of hydrogen-bond acceptors (Lipinski definition) is 6. The van der Waals surface area contributed by atoms with Crippen LogP contribution in [-0.2, 0) is 0 Å². The first-order valence-corrected chi connectivity index (χ1v) is 9.66. The van der Waals surface area contributed by atoms with Gasteiger partial charge in [0.15, 0.2) is 0 Å². The molecule has 0 unspecified atom stereocenters. The van der Waals surface area contributed by atoms with Gasteiger partial charge in [0.2, 0.25) is 0 Å². The Morgan fingerprint density at radius 3 is 0.742 bits per heavy atom. The SMILES string of the molecule is COc1cccc(OC)c1[C](c1c(OC)cccc1OC)c1c(OC)cccc1OC. The standard InChI is InChI=1S/C25H27O6/c1-26-16-10-7-11-17(27-2)22(16)25(23-18(28-3)12-8-13-19(23)29-4)24-20(30-5)14-9-15-21(24)31-6/h7-15H,1-6H3. The second-order valence-corrected chi connectivity index (χ2v) is 6.49. The Labute approximate surface area is 183 Å². The van der Waals surface area contributed by atoms with Crippen molar-refractivity contribution in [3.05, 3.63) is 77.2 Å².